The minimum absolute atomic E-state index is 1.16. The Hall–Kier alpha value is -18.9. The Morgan fingerprint density at radius 1 is 0.0845 bits per heavy atom. The third kappa shape index (κ3) is 13.6. The fourth-order valence-electron chi connectivity index (χ4n) is 22.9. The molecule has 0 amide bonds. The molecule has 24 aromatic carbocycles. The van der Waals surface area contributed by atoms with Gasteiger partial charge in [0.05, 0.1) is 66.2 Å². The summed E-state index contributed by atoms with van der Waals surface area (Å²) in [5, 5.41) is 25.3. The van der Waals surface area contributed by atoms with Crippen LogP contribution in [-0.2, 0) is 0 Å². The molecule has 0 bridgehead atoms. The van der Waals surface area contributed by atoms with Gasteiger partial charge in [0, 0.05) is 98.8 Å². The lowest BCUT2D eigenvalue weighted by Gasteiger charge is -2.12. The van der Waals surface area contributed by atoms with Gasteiger partial charge in [-0.15, -0.1) is 0 Å². The summed E-state index contributed by atoms with van der Waals surface area (Å²) in [6.07, 6.45) is 0. The second-order valence-electron chi connectivity index (χ2n) is 37.4. The van der Waals surface area contributed by atoms with Crippen LogP contribution >= 0.6 is 0 Å². The zero-order chi connectivity index (χ0) is 93.4. The molecule has 142 heavy (non-hydrogen) atoms. The highest BCUT2D eigenvalue weighted by Gasteiger charge is 2.24. The van der Waals surface area contributed by atoms with E-state index in [4.69, 9.17) is 0 Å². The molecule has 6 heteroatoms. The van der Waals surface area contributed by atoms with Crippen molar-refractivity contribution in [2.45, 2.75) is 0 Å². The summed E-state index contributed by atoms with van der Waals surface area (Å²) in [5.41, 5.74) is 33.8. The van der Waals surface area contributed by atoms with Crippen LogP contribution in [0.1, 0.15) is 0 Å². The molecule has 30 rings (SSSR count). The van der Waals surface area contributed by atoms with Gasteiger partial charge in [-0.05, 0) is 281 Å². The van der Waals surface area contributed by atoms with Gasteiger partial charge in [0.2, 0.25) is 0 Å². The first-order valence-electron chi connectivity index (χ1n) is 48.9. The second kappa shape index (κ2) is 33.5. The number of hydrogen-bond donors (Lipinski definition) is 0. The van der Waals surface area contributed by atoms with Crippen molar-refractivity contribution in [3.63, 3.8) is 0 Å². The summed E-state index contributed by atoms with van der Waals surface area (Å²) in [6.45, 7) is 0. The van der Waals surface area contributed by atoms with Gasteiger partial charge in [-0.3, -0.25) is 0 Å². The lowest BCUT2D eigenvalue weighted by Crippen LogP contribution is -1.94. The molecule has 6 nitrogen and oxygen atoms in total. The van der Waals surface area contributed by atoms with Gasteiger partial charge < -0.3 is 27.4 Å². The maximum atomic E-state index is 2.42. The van der Waals surface area contributed by atoms with Crippen molar-refractivity contribution in [2.24, 2.45) is 0 Å². The quantitative estimate of drug-likeness (QED) is 0.116. The second-order valence-corrected chi connectivity index (χ2v) is 37.4. The van der Waals surface area contributed by atoms with Gasteiger partial charge in [-0.25, -0.2) is 0 Å². The molecule has 6 heterocycles. The van der Waals surface area contributed by atoms with E-state index in [1.807, 2.05) is 0 Å². The lowest BCUT2D eigenvalue weighted by atomic mass is 10.0. The van der Waals surface area contributed by atoms with E-state index in [0.29, 0.717) is 0 Å². The molecule has 0 N–H and O–H groups in total. The van der Waals surface area contributed by atoms with Crippen LogP contribution in [0.25, 0.3) is 264 Å². The molecular formula is C136H88N6. The predicted octanol–water partition coefficient (Wildman–Crippen LogP) is 36.6. The highest BCUT2D eigenvalue weighted by Crippen LogP contribution is 2.46. The number of nitrogens with zero attached hydrogens (tertiary/aromatic N) is 6. The van der Waals surface area contributed by atoms with Crippen molar-refractivity contribution in [1.29, 1.82) is 0 Å². The van der Waals surface area contributed by atoms with Crippen molar-refractivity contribution < 1.29 is 0 Å². The summed E-state index contributed by atoms with van der Waals surface area (Å²) in [6, 6.07) is 194. The fourth-order valence-corrected chi connectivity index (χ4v) is 22.9. The first-order chi connectivity index (χ1) is 70.4. The van der Waals surface area contributed by atoms with E-state index in [0.717, 1.165) is 11.4 Å². The standard InChI is InChI=1S/C52H32N2.C48H32N2.C36H24N2/c1-3-11-41-33(9-1)17-19-37-29-39(23-25-43(37)41)53-49-15-7-5-13-45(49)47-31-35(21-27-51(47)53)36-22-28-52-48(32-36)46-14-6-8-16-50(46)54(52)40-24-26-44-38(30-40)20-18-34-10-2-4-12-42(34)44;1-3-11-33(12-4-1)35-19-25-39(26-20-35)49-45-17-9-7-15-41(45)43-31-37(23-29-47(43)49)38-24-30-48-44(32-38)42-16-8-10-18-46(42)50(48)40-27-21-36(22-28-40)34-13-5-2-6-14-34;1-3-11-27(12-4-1)37-33-17-9-7-15-29(33)31-23-25(19-21-35(31)37)26-20-22-36-32(24-26)30-16-8-10-18-34(30)38(36)28-13-5-2-6-14-28/h1-32H;1-32H;1-24H. The maximum Gasteiger partial charge on any atom is 0.0541 e. The van der Waals surface area contributed by atoms with Crippen molar-refractivity contribution >= 4 is 174 Å². The zero-order valence-corrected chi connectivity index (χ0v) is 77.5. The summed E-state index contributed by atoms with van der Waals surface area (Å²) in [7, 11) is 0. The van der Waals surface area contributed by atoms with Crippen LogP contribution in [0.4, 0.5) is 0 Å². The van der Waals surface area contributed by atoms with E-state index < -0.39 is 0 Å². The van der Waals surface area contributed by atoms with Gasteiger partial charge in [0.25, 0.3) is 0 Å². The van der Waals surface area contributed by atoms with Crippen LogP contribution < -0.4 is 0 Å². The molecule has 0 saturated carbocycles. The Balaban J connectivity index is 0.000000106. The molecule has 0 radical (unpaired) electrons. The Kier molecular flexibility index (Phi) is 19.2. The molecule has 30 aromatic rings. The topological polar surface area (TPSA) is 29.6 Å². The normalized spacial score (nSPS) is 11.8. The predicted molar refractivity (Wildman–Crippen MR) is 603 cm³/mol. The SMILES string of the molecule is c1ccc(-c2ccc(-n3c4ccccc4c4cc(-c5ccc6c(c5)c5ccccc5n6-c5ccc(-c6ccccc6)cc5)ccc43)cc2)cc1.c1ccc(-n2c3ccccc3c3cc(-c4ccc5c(c4)c4ccccc4n5-c4ccccc4)ccc32)cc1.c1ccc2c(c1)ccc1cc(-n3c4ccccc4c4cc(-c5ccc6c(c5)c5ccccc5n6-c5ccc6c(ccc7ccccc76)c5)ccc43)ccc12. The fraction of sp³-hybridized carbons (Fsp3) is 0. The Morgan fingerprint density at radius 3 is 0.528 bits per heavy atom. The van der Waals surface area contributed by atoms with Crippen molar-refractivity contribution in [1.82, 2.24) is 27.4 Å². The minimum Gasteiger partial charge on any atom is -0.309 e. The van der Waals surface area contributed by atoms with Crippen LogP contribution in [-0.4, -0.2) is 27.4 Å². The molecule has 0 aliphatic carbocycles. The van der Waals surface area contributed by atoms with Crippen molar-refractivity contribution in [3.05, 3.63) is 534 Å². The van der Waals surface area contributed by atoms with E-state index >= 15 is 0 Å². The molecule has 662 valence electrons. The van der Waals surface area contributed by atoms with Crippen molar-refractivity contribution in [3.8, 4) is 89.8 Å². The first kappa shape index (κ1) is 81.5. The molecule has 0 spiro atoms. The van der Waals surface area contributed by atoms with E-state index in [1.165, 1.54) is 252 Å². The van der Waals surface area contributed by atoms with Crippen LogP contribution in [0.5, 0.6) is 0 Å². The third-order valence-electron chi connectivity index (χ3n) is 29.5. The van der Waals surface area contributed by atoms with Gasteiger partial charge in [0.15, 0.2) is 0 Å². The summed E-state index contributed by atoms with van der Waals surface area (Å²) in [5.74, 6) is 0. The van der Waals surface area contributed by atoms with Crippen LogP contribution in [0.3, 0.4) is 0 Å². The Labute approximate surface area is 819 Å². The Morgan fingerprint density at radius 2 is 0.261 bits per heavy atom. The number of fused-ring (bicyclic) bond motifs is 24. The summed E-state index contributed by atoms with van der Waals surface area (Å²) in [4.78, 5) is 0. The average Bonchev–Trinajstić information content (AvgIpc) is 1.58. The lowest BCUT2D eigenvalue weighted by molar-refractivity contribution is 1.18. The molecule has 0 fully saturated rings. The number of rotatable bonds is 11. The van der Waals surface area contributed by atoms with Crippen LogP contribution in [0, 0.1) is 0 Å². The molecular weight excluding hydrogens is 1720 g/mol. The molecule has 6 aromatic heterocycles. The largest absolute Gasteiger partial charge is 0.309 e. The van der Waals surface area contributed by atoms with Gasteiger partial charge >= 0.3 is 0 Å². The maximum absolute atomic E-state index is 2.42. The van der Waals surface area contributed by atoms with Crippen LogP contribution in [0.15, 0.2) is 534 Å². The van der Waals surface area contributed by atoms with Gasteiger partial charge in [-0.2, -0.15) is 0 Å². The van der Waals surface area contributed by atoms with E-state index in [1.54, 1.807) is 0 Å². The molecule has 0 atom stereocenters. The van der Waals surface area contributed by atoms with Crippen molar-refractivity contribution in [2.75, 3.05) is 0 Å². The first-order valence-corrected chi connectivity index (χ1v) is 48.9. The van der Waals surface area contributed by atoms with E-state index in [2.05, 4.69) is 561 Å². The highest BCUT2D eigenvalue weighted by atomic mass is 15.0. The molecule has 0 aliphatic heterocycles. The minimum atomic E-state index is 1.16. The molecule has 0 aliphatic rings. The third-order valence-corrected chi connectivity index (χ3v) is 29.5. The van der Waals surface area contributed by atoms with E-state index in [9.17, 15) is 0 Å². The van der Waals surface area contributed by atoms with Gasteiger partial charge in [0.1, 0.15) is 0 Å². The monoisotopic (exact) mass is 1800 g/mol. The number of hydrogen-bond acceptors (Lipinski definition) is 0. The smallest absolute Gasteiger partial charge is 0.0541 e. The van der Waals surface area contributed by atoms with Crippen LogP contribution in [0.2, 0.25) is 0 Å². The molecule has 0 unspecified atom stereocenters. The average molecular weight is 1810 g/mol. The number of benzene rings is 24. The Bertz CT molecular complexity index is 9690. The summed E-state index contributed by atoms with van der Waals surface area (Å²) >= 11 is 0. The zero-order valence-electron chi connectivity index (χ0n) is 77.5. The number of para-hydroxylation sites is 8. The molecule has 0 saturated heterocycles. The van der Waals surface area contributed by atoms with Gasteiger partial charge in [-0.1, -0.05) is 352 Å². The highest BCUT2D eigenvalue weighted by molar-refractivity contribution is 6.19. The summed E-state index contributed by atoms with van der Waals surface area (Å²) < 4.78 is 14.4. The number of aromatic nitrogens is 6. The van der Waals surface area contributed by atoms with E-state index in [-0.39, 0.29) is 0 Å².